The van der Waals surface area contributed by atoms with Crippen LogP contribution in [0.15, 0.2) is 54.1 Å². The zero-order chi connectivity index (χ0) is 16.7. The van der Waals surface area contributed by atoms with Crippen molar-refractivity contribution in [3.8, 4) is 11.8 Å². The second kappa shape index (κ2) is 8.02. The van der Waals surface area contributed by atoms with E-state index in [4.69, 9.17) is 16.3 Å². The Morgan fingerprint density at radius 2 is 2.04 bits per heavy atom. The third kappa shape index (κ3) is 4.60. The summed E-state index contributed by atoms with van der Waals surface area (Å²) in [5.74, 6) is 0.0939. The van der Waals surface area contributed by atoms with Gasteiger partial charge in [-0.3, -0.25) is 4.79 Å². The summed E-state index contributed by atoms with van der Waals surface area (Å²) < 4.78 is 5.21. The van der Waals surface area contributed by atoms with Gasteiger partial charge in [-0.1, -0.05) is 41.9 Å². The standard InChI is InChI=1S/C18H15ClN2O2/c1-23-17-8-7-16(19)10-14(17)9-15(11-20)18(22)21-12-13-5-3-2-4-6-13/h2-10H,12H2,1H3,(H,21,22)/b15-9-. The number of rotatable bonds is 5. The minimum atomic E-state index is -0.446. The number of ether oxygens (including phenoxy) is 1. The van der Waals surface area contributed by atoms with Crippen LogP contribution >= 0.6 is 11.6 Å². The van der Waals surface area contributed by atoms with Gasteiger partial charge in [0.25, 0.3) is 5.91 Å². The van der Waals surface area contributed by atoms with E-state index in [0.717, 1.165) is 5.56 Å². The molecule has 2 aromatic rings. The van der Waals surface area contributed by atoms with Crippen molar-refractivity contribution in [2.24, 2.45) is 0 Å². The van der Waals surface area contributed by atoms with Gasteiger partial charge in [-0.15, -0.1) is 0 Å². The molecule has 116 valence electrons. The maximum absolute atomic E-state index is 12.2. The highest BCUT2D eigenvalue weighted by molar-refractivity contribution is 6.30. The lowest BCUT2D eigenvalue weighted by Crippen LogP contribution is -2.23. The Balaban J connectivity index is 2.17. The third-order valence-corrected chi connectivity index (χ3v) is 3.39. The van der Waals surface area contributed by atoms with Gasteiger partial charge in [0.2, 0.25) is 0 Å². The number of nitrogens with zero attached hydrogens (tertiary/aromatic N) is 1. The Morgan fingerprint density at radius 1 is 1.30 bits per heavy atom. The molecule has 0 atom stereocenters. The number of amides is 1. The molecule has 0 aromatic heterocycles. The number of carbonyl (C=O) groups excluding carboxylic acids is 1. The van der Waals surface area contributed by atoms with Crippen LogP contribution < -0.4 is 10.1 Å². The van der Waals surface area contributed by atoms with E-state index in [0.29, 0.717) is 22.9 Å². The molecular formula is C18H15ClN2O2. The minimum Gasteiger partial charge on any atom is -0.496 e. The summed E-state index contributed by atoms with van der Waals surface area (Å²) in [5.41, 5.74) is 1.52. The van der Waals surface area contributed by atoms with Crippen LogP contribution in [0.2, 0.25) is 5.02 Å². The van der Waals surface area contributed by atoms with Crippen molar-refractivity contribution in [2.75, 3.05) is 7.11 Å². The van der Waals surface area contributed by atoms with Gasteiger partial charge < -0.3 is 10.1 Å². The Morgan fingerprint density at radius 3 is 2.70 bits per heavy atom. The van der Waals surface area contributed by atoms with Crippen LogP contribution in [0.4, 0.5) is 0 Å². The van der Waals surface area contributed by atoms with Gasteiger partial charge in [-0.25, -0.2) is 0 Å². The summed E-state index contributed by atoms with van der Waals surface area (Å²) in [6.07, 6.45) is 1.46. The SMILES string of the molecule is COc1ccc(Cl)cc1/C=C(/C#N)C(=O)NCc1ccccc1. The first kappa shape index (κ1) is 16.6. The van der Waals surface area contributed by atoms with Crippen LogP contribution in [0, 0.1) is 11.3 Å². The second-order valence-corrected chi connectivity index (χ2v) is 5.16. The number of carbonyl (C=O) groups is 1. The van der Waals surface area contributed by atoms with Gasteiger partial charge in [-0.05, 0) is 29.8 Å². The Bertz CT molecular complexity index is 764. The van der Waals surface area contributed by atoms with E-state index in [1.807, 2.05) is 36.4 Å². The summed E-state index contributed by atoms with van der Waals surface area (Å²) in [4.78, 5) is 12.2. The number of hydrogen-bond donors (Lipinski definition) is 1. The molecule has 1 amide bonds. The second-order valence-electron chi connectivity index (χ2n) is 4.72. The van der Waals surface area contributed by atoms with E-state index in [1.54, 1.807) is 18.2 Å². The number of benzene rings is 2. The van der Waals surface area contributed by atoms with Gasteiger partial charge in [0.1, 0.15) is 17.4 Å². The topological polar surface area (TPSA) is 62.1 Å². The largest absolute Gasteiger partial charge is 0.496 e. The van der Waals surface area contributed by atoms with Crippen LogP contribution in [0.3, 0.4) is 0 Å². The smallest absolute Gasteiger partial charge is 0.262 e. The average molecular weight is 327 g/mol. The van der Waals surface area contributed by atoms with Crippen molar-refractivity contribution in [1.29, 1.82) is 5.26 Å². The predicted octanol–water partition coefficient (Wildman–Crippen LogP) is 3.57. The molecule has 0 spiro atoms. The maximum Gasteiger partial charge on any atom is 0.262 e. The van der Waals surface area contributed by atoms with Crippen LogP contribution in [-0.4, -0.2) is 13.0 Å². The van der Waals surface area contributed by atoms with Crippen molar-refractivity contribution in [3.05, 3.63) is 70.3 Å². The fourth-order valence-electron chi connectivity index (χ4n) is 2.00. The number of nitriles is 1. The molecule has 0 aliphatic heterocycles. The van der Waals surface area contributed by atoms with E-state index in [2.05, 4.69) is 5.32 Å². The average Bonchev–Trinajstić information content (AvgIpc) is 2.58. The molecule has 2 rings (SSSR count). The normalized spacial score (nSPS) is 10.7. The quantitative estimate of drug-likeness (QED) is 0.675. The zero-order valence-electron chi connectivity index (χ0n) is 12.5. The molecule has 0 saturated heterocycles. The van der Waals surface area contributed by atoms with Crippen molar-refractivity contribution in [1.82, 2.24) is 5.32 Å². The molecule has 0 saturated carbocycles. The molecule has 0 aliphatic rings. The molecule has 4 nitrogen and oxygen atoms in total. The molecule has 0 unspecified atom stereocenters. The van der Waals surface area contributed by atoms with Crippen molar-refractivity contribution in [3.63, 3.8) is 0 Å². The number of nitrogens with one attached hydrogen (secondary N) is 1. The molecule has 0 bridgehead atoms. The summed E-state index contributed by atoms with van der Waals surface area (Å²) in [6.45, 7) is 0.353. The highest BCUT2D eigenvalue weighted by atomic mass is 35.5. The molecule has 0 aliphatic carbocycles. The van der Waals surface area contributed by atoms with Crippen molar-refractivity contribution >= 4 is 23.6 Å². The number of methoxy groups -OCH3 is 1. The zero-order valence-corrected chi connectivity index (χ0v) is 13.3. The molecule has 0 fully saturated rings. The van der Waals surface area contributed by atoms with E-state index >= 15 is 0 Å². The Kier molecular flexibility index (Phi) is 5.79. The number of hydrogen-bond acceptors (Lipinski definition) is 3. The molecule has 0 radical (unpaired) electrons. The fraction of sp³-hybridized carbons (Fsp3) is 0.111. The highest BCUT2D eigenvalue weighted by Gasteiger charge is 2.11. The summed E-state index contributed by atoms with van der Waals surface area (Å²) in [7, 11) is 1.52. The first-order valence-corrected chi connectivity index (χ1v) is 7.29. The lowest BCUT2D eigenvalue weighted by atomic mass is 10.1. The third-order valence-electron chi connectivity index (χ3n) is 3.15. The highest BCUT2D eigenvalue weighted by Crippen LogP contribution is 2.24. The first-order valence-electron chi connectivity index (χ1n) is 6.91. The minimum absolute atomic E-state index is 0.0125. The molecular weight excluding hydrogens is 312 g/mol. The predicted molar refractivity (Wildman–Crippen MR) is 89.9 cm³/mol. The number of halogens is 1. The van der Waals surface area contributed by atoms with Gasteiger partial charge >= 0.3 is 0 Å². The lowest BCUT2D eigenvalue weighted by molar-refractivity contribution is -0.117. The molecule has 2 aromatic carbocycles. The molecule has 5 heteroatoms. The van der Waals surface area contributed by atoms with Crippen molar-refractivity contribution < 1.29 is 9.53 Å². The van der Waals surface area contributed by atoms with Gasteiger partial charge in [-0.2, -0.15) is 5.26 Å². The first-order chi connectivity index (χ1) is 11.1. The van der Waals surface area contributed by atoms with Crippen LogP contribution in [-0.2, 0) is 11.3 Å². The maximum atomic E-state index is 12.2. The summed E-state index contributed by atoms with van der Waals surface area (Å²) in [6, 6.07) is 16.4. The van der Waals surface area contributed by atoms with E-state index in [-0.39, 0.29) is 5.57 Å². The molecule has 1 N–H and O–H groups in total. The van der Waals surface area contributed by atoms with Gasteiger partial charge in [0.15, 0.2) is 0 Å². The summed E-state index contributed by atoms with van der Waals surface area (Å²) in [5, 5.41) is 12.5. The van der Waals surface area contributed by atoms with Crippen molar-refractivity contribution in [2.45, 2.75) is 6.54 Å². The fourth-order valence-corrected chi connectivity index (χ4v) is 2.18. The lowest BCUT2D eigenvalue weighted by Gasteiger charge is -2.07. The Labute approximate surface area is 140 Å². The Hall–Kier alpha value is -2.77. The molecule has 0 heterocycles. The monoisotopic (exact) mass is 326 g/mol. The van der Waals surface area contributed by atoms with E-state index in [9.17, 15) is 10.1 Å². The van der Waals surface area contributed by atoms with Crippen LogP contribution in [0.1, 0.15) is 11.1 Å². The van der Waals surface area contributed by atoms with E-state index in [1.165, 1.54) is 13.2 Å². The van der Waals surface area contributed by atoms with Crippen LogP contribution in [0.5, 0.6) is 5.75 Å². The molecule has 23 heavy (non-hydrogen) atoms. The summed E-state index contributed by atoms with van der Waals surface area (Å²) >= 11 is 5.95. The van der Waals surface area contributed by atoms with Gasteiger partial charge in [0.05, 0.1) is 7.11 Å². The van der Waals surface area contributed by atoms with E-state index < -0.39 is 5.91 Å². The van der Waals surface area contributed by atoms with Crippen LogP contribution in [0.25, 0.3) is 6.08 Å². The van der Waals surface area contributed by atoms with Gasteiger partial charge in [0, 0.05) is 17.1 Å².